The normalized spacial score (nSPS) is 12.4. The van der Waals surface area contributed by atoms with Gasteiger partial charge >= 0.3 is 5.97 Å². The summed E-state index contributed by atoms with van der Waals surface area (Å²) < 4.78 is 9.96. The highest BCUT2D eigenvalue weighted by Gasteiger charge is 2.21. The Morgan fingerprint density at radius 1 is 1.56 bits per heavy atom. The van der Waals surface area contributed by atoms with E-state index in [1.54, 1.807) is 0 Å². The van der Waals surface area contributed by atoms with Crippen LogP contribution in [-0.4, -0.2) is 27.2 Å². The van der Waals surface area contributed by atoms with Crippen LogP contribution in [0.2, 0.25) is 0 Å². The molecule has 1 atom stereocenters. The predicted octanol–water partition coefficient (Wildman–Crippen LogP) is 2.67. The van der Waals surface area contributed by atoms with Gasteiger partial charge in [0.1, 0.15) is 11.1 Å². The topological polar surface area (TPSA) is 52.1 Å². The molecule has 0 bridgehead atoms. The Balaban J connectivity index is 2.60. The van der Waals surface area contributed by atoms with Crippen molar-refractivity contribution in [3.8, 4) is 0 Å². The fraction of sp³-hybridized carbons (Fsp3) is 0.700. The standard InChI is InChI=1S/C10H16N2O2S2/c1-4-6-8(9(13)14-5-2)15-10-11-7(3)12-16-10/h8H,4-6H2,1-3H3. The Bertz CT molecular complexity index is 341. The second-order valence-electron chi connectivity index (χ2n) is 3.25. The molecule has 16 heavy (non-hydrogen) atoms. The highest BCUT2D eigenvalue weighted by molar-refractivity contribution is 8.02. The average Bonchev–Trinajstić information content (AvgIpc) is 2.64. The lowest BCUT2D eigenvalue weighted by Crippen LogP contribution is -2.20. The average molecular weight is 260 g/mol. The quantitative estimate of drug-likeness (QED) is 0.581. The summed E-state index contributed by atoms with van der Waals surface area (Å²) in [5, 5.41) is -0.155. The highest BCUT2D eigenvalue weighted by Crippen LogP contribution is 2.28. The van der Waals surface area contributed by atoms with Crippen LogP contribution in [0.5, 0.6) is 0 Å². The summed E-state index contributed by atoms with van der Waals surface area (Å²) in [6.07, 6.45) is 1.76. The summed E-state index contributed by atoms with van der Waals surface area (Å²) in [5.41, 5.74) is 0. The van der Waals surface area contributed by atoms with E-state index >= 15 is 0 Å². The molecule has 1 aromatic heterocycles. The van der Waals surface area contributed by atoms with Gasteiger partial charge in [0.05, 0.1) is 6.61 Å². The van der Waals surface area contributed by atoms with E-state index in [9.17, 15) is 4.79 Å². The molecular weight excluding hydrogens is 244 g/mol. The molecule has 1 rings (SSSR count). The lowest BCUT2D eigenvalue weighted by atomic mass is 10.2. The van der Waals surface area contributed by atoms with Gasteiger partial charge in [0.25, 0.3) is 0 Å². The zero-order valence-electron chi connectivity index (χ0n) is 9.73. The summed E-state index contributed by atoms with van der Waals surface area (Å²) in [6.45, 7) is 6.15. The number of carbonyl (C=O) groups excluding carboxylic acids is 1. The zero-order valence-corrected chi connectivity index (χ0v) is 11.4. The molecule has 0 aromatic carbocycles. The lowest BCUT2D eigenvalue weighted by Gasteiger charge is -2.11. The van der Waals surface area contributed by atoms with Crippen LogP contribution in [0.1, 0.15) is 32.5 Å². The van der Waals surface area contributed by atoms with Crippen molar-refractivity contribution in [2.45, 2.75) is 43.2 Å². The van der Waals surface area contributed by atoms with E-state index in [0.29, 0.717) is 6.61 Å². The van der Waals surface area contributed by atoms with Crippen molar-refractivity contribution in [2.24, 2.45) is 0 Å². The number of hydrogen-bond donors (Lipinski definition) is 0. The third kappa shape index (κ3) is 4.09. The van der Waals surface area contributed by atoms with Gasteiger partial charge in [-0.1, -0.05) is 25.1 Å². The van der Waals surface area contributed by atoms with Crippen molar-refractivity contribution in [3.05, 3.63) is 5.82 Å². The molecule has 0 amide bonds. The van der Waals surface area contributed by atoms with Crippen molar-refractivity contribution >= 4 is 29.3 Å². The van der Waals surface area contributed by atoms with Crippen molar-refractivity contribution in [2.75, 3.05) is 6.61 Å². The van der Waals surface area contributed by atoms with Gasteiger partial charge in [-0.3, -0.25) is 4.79 Å². The van der Waals surface area contributed by atoms with Gasteiger partial charge in [-0.2, -0.15) is 4.37 Å². The number of nitrogens with zero attached hydrogens (tertiary/aromatic N) is 2. The Hall–Kier alpha value is -0.620. The second-order valence-corrected chi connectivity index (χ2v) is 5.46. The van der Waals surface area contributed by atoms with Crippen LogP contribution >= 0.6 is 23.3 Å². The molecule has 0 aliphatic rings. The zero-order chi connectivity index (χ0) is 12.0. The number of esters is 1. The molecule has 1 aromatic rings. The van der Waals surface area contributed by atoms with Gasteiger partial charge in [-0.05, 0) is 31.8 Å². The number of ether oxygens (including phenoxy) is 1. The molecule has 0 N–H and O–H groups in total. The van der Waals surface area contributed by atoms with Crippen LogP contribution in [0.4, 0.5) is 0 Å². The number of hydrogen-bond acceptors (Lipinski definition) is 6. The molecule has 0 aliphatic heterocycles. The number of aromatic nitrogens is 2. The van der Waals surface area contributed by atoms with Gasteiger partial charge < -0.3 is 4.74 Å². The van der Waals surface area contributed by atoms with Crippen LogP contribution in [-0.2, 0) is 9.53 Å². The van der Waals surface area contributed by atoms with Crippen molar-refractivity contribution in [3.63, 3.8) is 0 Å². The van der Waals surface area contributed by atoms with Gasteiger partial charge in [0.15, 0.2) is 4.34 Å². The van der Waals surface area contributed by atoms with E-state index in [2.05, 4.69) is 16.3 Å². The maximum Gasteiger partial charge on any atom is 0.319 e. The Labute approximate surface area is 104 Å². The summed E-state index contributed by atoms with van der Waals surface area (Å²) in [4.78, 5) is 15.9. The van der Waals surface area contributed by atoms with Crippen LogP contribution < -0.4 is 0 Å². The molecule has 0 saturated heterocycles. The lowest BCUT2D eigenvalue weighted by molar-refractivity contribution is -0.142. The number of aryl methyl sites for hydroxylation is 1. The van der Waals surface area contributed by atoms with E-state index in [4.69, 9.17) is 4.74 Å². The molecule has 0 saturated carbocycles. The number of thioether (sulfide) groups is 1. The van der Waals surface area contributed by atoms with E-state index in [1.807, 2.05) is 13.8 Å². The van der Waals surface area contributed by atoms with Crippen molar-refractivity contribution < 1.29 is 9.53 Å². The molecule has 1 heterocycles. The van der Waals surface area contributed by atoms with Gasteiger partial charge in [-0.15, -0.1) is 0 Å². The Kier molecular flexibility index (Phi) is 5.76. The fourth-order valence-electron chi connectivity index (χ4n) is 1.17. The number of rotatable bonds is 6. The minimum absolute atomic E-state index is 0.151. The third-order valence-electron chi connectivity index (χ3n) is 1.85. The van der Waals surface area contributed by atoms with Gasteiger partial charge in [-0.25, -0.2) is 4.98 Å². The first-order valence-corrected chi connectivity index (χ1v) is 6.96. The molecule has 1 unspecified atom stereocenters. The SMILES string of the molecule is CCCC(Sc1nc(C)ns1)C(=O)OCC. The smallest absolute Gasteiger partial charge is 0.319 e. The monoisotopic (exact) mass is 260 g/mol. The van der Waals surface area contributed by atoms with Crippen molar-refractivity contribution in [1.29, 1.82) is 0 Å². The Morgan fingerprint density at radius 2 is 2.31 bits per heavy atom. The predicted molar refractivity (Wildman–Crippen MR) is 65.8 cm³/mol. The molecule has 90 valence electrons. The molecule has 0 spiro atoms. The van der Waals surface area contributed by atoms with E-state index < -0.39 is 0 Å². The van der Waals surface area contributed by atoms with Crippen LogP contribution in [0.3, 0.4) is 0 Å². The van der Waals surface area contributed by atoms with E-state index in [-0.39, 0.29) is 11.2 Å². The molecular formula is C10H16N2O2S2. The molecule has 0 fully saturated rings. The summed E-state index contributed by atoms with van der Waals surface area (Å²) in [6, 6.07) is 0. The molecule has 6 heteroatoms. The molecule has 0 radical (unpaired) electrons. The van der Waals surface area contributed by atoms with Gasteiger partial charge in [0.2, 0.25) is 0 Å². The van der Waals surface area contributed by atoms with Crippen molar-refractivity contribution in [1.82, 2.24) is 9.36 Å². The molecule has 4 nitrogen and oxygen atoms in total. The van der Waals surface area contributed by atoms with Gasteiger partial charge in [0, 0.05) is 0 Å². The number of carbonyl (C=O) groups is 1. The van der Waals surface area contributed by atoms with Crippen LogP contribution in [0.15, 0.2) is 4.34 Å². The first kappa shape index (κ1) is 13.4. The minimum atomic E-state index is -0.155. The largest absolute Gasteiger partial charge is 0.465 e. The maximum atomic E-state index is 11.7. The molecule has 0 aliphatic carbocycles. The third-order valence-corrected chi connectivity index (χ3v) is 3.97. The van der Waals surface area contributed by atoms with Crippen LogP contribution in [0, 0.1) is 6.92 Å². The summed E-state index contributed by atoms with van der Waals surface area (Å²) >= 11 is 2.79. The first-order chi connectivity index (χ1) is 7.67. The Morgan fingerprint density at radius 3 is 2.81 bits per heavy atom. The fourth-order valence-corrected chi connectivity index (χ4v) is 3.17. The maximum absolute atomic E-state index is 11.7. The highest BCUT2D eigenvalue weighted by atomic mass is 32.2. The van der Waals surface area contributed by atoms with E-state index in [1.165, 1.54) is 23.3 Å². The second kappa shape index (κ2) is 6.85. The van der Waals surface area contributed by atoms with E-state index in [0.717, 1.165) is 23.0 Å². The summed E-state index contributed by atoms with van der Waals surface area (Å²) in [5.74, 6) is 0.605. The first-order valence-electron chi connectivity index (χ1n) is 5.31. The van der Waals surface area contributed by atoms with Crippen LogP contribution in [0.25, 0.3) is 0 Å². The minimum Gasteiger partial charge on any atom is -0.465 e. The summed E-state index contributed by atoms with van der Waals surface area (Å²) in [7, 11) is 0.